The Bertz CT molecular complexity index is 502. The molecule has 0 saturated carbocycles. The van der Waals surface area contributed by atoms with E-state index >= 15 is 0 Å². The molecule has 3 nitrogen and oxygen atoms in total. The molecule has 0 rings (SSSR count). The van der Waals surface area contributed by atoms with Crippen LogP contribution >= 0.6 is 0 Å². The molecule has 2 atom stereocenters. The average Bonchev–Trinajstić information content (AvgIpc) is 2.91. The lowest BCUT2D eigenvalue weighted by Crippen LogP contribution is -2.40. The summed E-state index contributed by atoms with van der Waals surface area (Å²) < 4.78 is 12.3. The molecule has 3 heteroatoms. The highest BCUT2D eigenvalue weighted by molar-refractivity contribution is 4.92. The van der Waals surface area contributed by atoms with Gasteiger partial charge in [0, 0.05) is 13.2 Å². The molecule has 0 aliphatic carbocycles. The summed E-state index contributed by atoms with van der Waals surface area (Å²) in [6, 6.07) is 0.286. The van der Waals surface area contributed by atoms with Crippen LogP contribution in [0, 0.1) is 0 Å². The molecule has 0 heterocycles. The molecule has 0 amide bonds. The minimum Gasteiger partial charge on any atom is -0.351 e. The lowest BCUT2D eigenvalue weighted by atomic mass is 10.1. The highest BCUT2D eigenvalue weighted by atomic mass is 16.7. The van der Waals surface area contributed by atoms with Gasteiger partial charge in [-0.25, -0.2) is 0 Å². The highest BCUT2D eigenvalue weighted by Crippen LogP contribution is 2.14. The average molecular weight is 536 g/mol. The second kappa shape index (κ2) is 30.9. The first kappa shape index (κ1) is 37.4. The van der Waals surface area contributed by atoms with Gasteiger partial charge in [0.25, 0.3) is 0 Å². The summed E-state index contributed by atoms with van der Waals surface area (Å²) in [4.78, 5) is 2.21. The van der Waals surface area contributed by atoms with Gasteiger partial charge < -0.3 is 14.4 Å². The lowest BCUT2D eigenvalue weighted by Gasteiger charge is -2.29. The first-order chi connectivity index (χ1) is 18.6. The Balaban J connectivity index is 3.56. The number of ether oxygens (including phenoxy) is 2. The fourth-order valence-electron chi connectivity index (χ4n) is 4.65. The van der Waals surface area contributed by atoms with Gasteiger partial charge in [-0.2, -0.15) is 0 Å². The monoisotopic (exact) mass is 536 g/mol. The summed E-state index contributed by atoms with van der Waals surface area (Å²) >= 11 is 0. The predicted octanol–water partition coefficient (Wildman–Crippen LogP) is 11.0. The summed E-state index contributed by atoms with van der Waals surface area (Å²) in [6.45, 7) is 8.39. The predicted molar refractivity (Wildman–Crippen MR) is 170 cm³/mol. The molecule has 0 aromatic rings. The third kappa shape index (κ3) is 26.9. The van der Waals surface area contributed by atoms with Crippen molar-refractivity contribution in [2.24, 2.45) is 0 Å². The molecule has 0 N–H and O–H groups in total. The van der Waals surface area contributed by atoms with Crippen LogP contribution in [-0.2, 0) is 9.47 Å². The third-order valence-electron chi connectivity index (χ3n) is 7.62. The maximum atomic E-state index is 6.18. The van der Waals surface area contributed by atoms with Crippen molar-refractivity contribution in [1.29, 1.82) is 0 Å². The Kier molecular flexibility index (Phi) is 30.4. The van der Waals surface area contributed by atoms with Crippen LogP contribution in [0.15, 0.2) is 24.3 Å². The fraction of sp³-hybridized carbons (Fsp3) is 0.886. The van der Waals surface area contributed by atoms with Gasteiger partial charge in [0.2, 0.25) is 0 Å². The van der Waals surface area contributed by atoms with E-state index in [4.69, 9.17) is 9.47 Å². The summed E-state index contributed by atoms with van der Waals surface area (Å²) in [5.41, 5.74) is 0. The third-order valence-corrected chi connectivity index (χ3v) is 7.62. The Morgan fingerprint density at radius 1 is 0.500 bits per heavy atom. The van der Waals surface area contributed by atoms with Crippen LogP contribution in [0.5, 0.6) is 0 Å². The molecule has 0 saturated heterocycles. The second-order valence-electron chi connectivity index (χ2n) is 11.6. The fourth-order valence-corrected chi connectivity index (χ4v) is 4.65. The standard InChI is InChI=1S/C35H69NO2/c1-6-8-10-12-14-15-16-17-18-19-20-21-22-23-24-25-26-27-29-31-33-38-35(34(3)36(4)5)37-32-30-28-13-11-9-7-2/h14-15,17-18,34-35H,6-13,16,19-33H2,1-5H3/b15-14-,18-17-. The summed E-state index contributed by atoms with van der Waals surface area (Å²) in [5.74, 6) is 0. The zero-order valence-corrected chi connectivity index (χ0v) is 26.7. The summed E-state index contributed by atoms with van der Waals surface area (Å²) in [6.07, 6.45) is 38.2. The Morgan fingerprint density at radius 2 is 0.868 bits per heavy atom. The van der Waals surface area contributed by atoms with Gasteiger partial charge in [0.05, 0.1) is 6.04 Å². The summed E-state index contributed by atoms with van der Waals surface area (Å²) in [7, 11) is 4.23. The number of hydrogen-bond acceptors (Lipinski definition) is 3. The van der Waals surface area contributed by atoms with E-state index in [-0.39, 0.29) is 12.3 Å². The number of hydrogen-bond donors (Lipinski definition) is 0. The van der Waals surface area contributed by atoms with E-state index in [1.54, 1.807) is 0 Å². The van der Waals surface area contributed by atoms with E-state index in [0.717, 1.165) is 32.5 Å². The van der Waals surface area contributed by atoms with Crippen molar-refractivity contribution in [3.05, 3.63) is 24.3 Å². The minimum absolute atomic E-state index is 0.103. The van der Waals surface area contributed by atoms with Gasteiger partial charge in [-0.1, -0.05) is 134 Å². The molecule has 0 aliphatic rings. The van der Waals surface area contributed by atoms with Crippen LogP contribution in [0.2, 0.25) is 0 Å². The van der Waals surface area contributed by atoms with E-state index in [0.29, 0.717) is 0 Å². The van der Waals surface area contributed by atoms with Crippen molar-refractivity contribution >= 4 is 0 Å². The zero-order chi connectivity index (χ0) is 27.9. The van der Waals surface area contributed by atoms with Crippen molar-refractivity contribution in [2.45, 2.75) is 174 Å². The Labute approximate surface area is 240 Å². The smallest absolute Gasteiger partial charge is 0.172 e. The Hall–Kier alpha value is -0.640. The molecule has 0 aliphatic heterocycles. The molecule has 226 valence electrons. The van der Waals surface area contributed by atoms with Crippen LogP contribution in [0.3, 0.4) is 0 Å². The van der Waals surface area contributed by atoms with Gasteiger partial charge in [-0.15, -0.1) is 0 Å². The van der Waals surface area contributed by atoms with Crippen molar-refractivity contribution in [1.82, 2.24) is 4.90 Å². The van der Waals surface area contributed by atoms with Gasteiger partial charge in [0.1, 0.15) is 0 Å². The van der Waals surface area contributed by atoms with Crippen LogP contribution in [0.4, 0.5) is 0 Å². The van der Waals surface area contributed by atoms with Crippen molar-refractivity contribution in [3.63, 3.8) is 0 Å². The Morgan fingerprint density at radius 3 is 1.32 bits per heavy atom. The highest BCUT2D eigenvalue weighted by Gasteiger charge is 2.20. The maximum absolute atomic E-state index is 6.18. The quantitative estimate of drug-likeness (QED) is 0.0518. The molecular weight excluding hydrogens is 466 g/mol. The molecular formula is C35H69NO2. The molecule has 38 heavy (non-hydrogen) atoms. The topological polar surface area (TPSA) is 21.7 Å². The molecule has 0 spiro atoms. The van der Waals surface area contributed by atoms with Crippen LogP contribution in [0.1, 0.15) is 162 Å². The van der Waals surface area contributed by atoms with Crippen LogP contribution in [0.25, 0.3) is 0 Å². The van der Waals surface area contributed by atoms with Crippen molar-refractivity contribution in [3.8, 4) is 0 Å². The maximum Gasteiger partial charge on any atom is 0.172 e. The first-order valence-electron chi connectivity index (χ1n) is 16.8. The van der Waals surface area contributed by atoms with E-state index in [2.05, 4.69) is 64.1 Å². The summed E-state index contributed by atoms with van der Waals surface area (Å²) in [5, 5.41) is 0. The molecule has 0 fully saturated rings. The van der Waals surface area contributed by atoms with Crippen molar-refractivity contribution < 1.29 is 9.47 Å². The van der Waals surface area contributed by atoms with Crippen LogP contribution < -0.4 is 0 Å². The van der Waals surface area contributed by atoms with Gasteiger partial charge in [-0.3, -0.25) is 0 Å². The first-order valence-corrected chi connectivity index (χ1v) is 16.8. The van der Waals surface area contributed by atoms with Gasteiger partial charge in [-0.05, 0) is 66.0 Å². The van der Waals surface area contributed by atoms with E-state index in [1.807, 2.05) is 0 Å². The minimum atomic E-state index is -0.103. The van der Waals surface area contributed by atoms with E-state index in [1.165, 1.54) is 122 Å². The number of unbranched alkanes of at least 4 members (excludes halogenated alkanes) is 18. The number of nitrogens with zero attached hydrogens (tertiary/aromatic N) is 1. The van der Waals surface area contributed by atoms with Crippen molar-refractivity contribution in [2.75, 3.05) is 27.3 Å². The molecule has 0 radical (unpaired) electrons. The normalized spacial score (nSPS) is 13.8. The lowest BCUT2D eigenvalue weighted by molar-refractivity contribution is -0.172. The van der Waals surface area contributed by atoms with E-state index in [9.17, 15) is 0 Å². The number of likely N-dealkylation sites (N-methyl/N-ethyl adjacent to an activating group) is 1. The largest absolute Gasteiger partial charge is 0.351 e. The molecule has 2 unspecified atom stereocenters. The van der Waals surface area contributed by atoms with Gasteiger partial charge >= 0.3 is 0 Å². The number of rotatable bonds is 30. The SMILES string of the molecule is CCCCC/C=C\C/C=C\CCCCCCCCCCCCOC(OCCCCCCCC)C(C)N(C)C. The molecule has 0 bridgehead atoms. The number of allylic oxidation sites excluding steroid dienone is 4. The zero-order valence-electron chi connectivity index (χ0n) is 26.7. The molecule has 0 aromatic carbocycles. The molecule has 0 aromatic heterocycles. The van der Waals surface area contributed by atoms with E-state index < -0.39 is 0 Å². The van der Waals surface area contributed by atoms with Gasteiger partial charge in [0.15, 0.2) is 6.29 Å². The second-order valence-corrected chi connectivity index (χ2v) is 11.6. The van der Waals surface area contributed by atoms with Crippen LogP contribution in [-0.4, -0.2) is 44.5 Å².